The fraction of sp³-hybridized carbons (Fsp3) is 0.143. The maximum Gasteiger partial charge on any atom is 0.420 e. The van der Waals surface area contributed by atoms with Crippen LogP contribution in [0.5, 0.6) is 11.5 Å². The van der Waals surface area contributed by atoms with Gasteiger partial charge in [-0.05, 0) is 42.5 Å². The molecule has 0 heterocycles. The van der Waals surface area contributed by atoms with Crippen LogP contribution < -0.4 is 10.1 Å². The Hall–Kier alpha value is -1.69. The standard InChI is InChI=1S/C14H11BrF3NO/c1-19-10-3-5-11(6-4-10)20-13-7-2-9(15)8-12(13)14(16,17)18/h2-8,19H,1H3. The molecule has 0 spiro atoms. The lowest BCUT2D eigenvalue weighted by Crippen LogP contribution is -2.07. The monoisotopic (exact) mass is 345 g/mol. The van der Waals surface area contributed by atoms with Gasteiger partial charge in [0.05, 0.1) is 5.56 Å². The van der Waals surface area contributed by atoms with Gasteiger partial charge < -0.3 is 10.1 Å². The lowest BCUT2D eigenvalue weighted by atomic mass is 10.2. The Morgan fingerprint density at radius 3 is 2.25 bits per heavy atom. The van der Waals surface area contributed by atoms with Gasteiger partial charge in [0, 0.05) is 17.2 Å². The third-order valence-corrected chi connectivity index (χ3v) is 3.11. The number of ether oxygens (including phenoxy) is 1. The van der Waals surface area contributed by atoms with E-state index >= 15 is 0 Å². The van der Waals surface area contributed by atoms with Gasteiger partial charge in [0.2, 0.25) is 0 Å². The molecule has 0 saturated heterocycles. The third kappa shape index (κ3) is 3.45. The zero-order valence-corrected chi connectivity index (χ0v) is 12.0. The third-order valence-electron chi connectivity index (χ3n) is 2.62. The predicted octanol–water partition coefficient (Wildman–Crippen LogP) is 5.30. The molecule has 0 radical (unpaired) electrons. The van der Waals surface area contributed by atoms with Crippen molar-refractivity contribution in [2.45, 2.75) is 6.18 Å². The summed E-state index contributed by atoms with van der Waals surface area (Å²) < 4.78 is 44.5. The van der Waals surface area contributed by atoms with E-state index in [1.165, 1.54) is 12.1 Å². The van der Waals surface area contributed by atoms with Crippen LogP contribution >= 0.6 is 15.9 Å². The van der Waals surface area contributed by atoms with Crippen LogP contribution in [-0.2, 0) is 6.18 Å². The maximum atomic E-state index is 12.9. The summed E-state index contributed by atoms with van der Waals surface area (Å²) in [6.45, 7) is 0. The first-order valence-electron chi connectivity index (χ1n) is 5.72. The van der Waals surface area contributed by atoms with E-state index in [4.69, 9.17) is 4.74 Å². The Labute approximate surface area is 122 Å². The van der Waals surface area contributed by atoms with Gasteiger partial charge in [-0.25, -0.2) is 0 Å². The number of hydrogen-bond donors (Lipinski definition) is 1. The van der Waals surface area contributed by atoms with Crippen LogP contribution in [0, 0.1) is 0 Å². The van der Waals surface area contributed by atoms with Crippen molar-refractivity contribution in [3.8, 4) is 11.5 Å². The van der Waals surface area contributed by atoms with Crippen molar-refractivity contribution in [3.63, 3.8) is 0 Å². The van der Waals surface area contributed by atoms with Gasteiger partial charge in [-0.3, -0.25) is 0 Å². The molecule has 0 fully saturated rings. The van der Waals surface area contributed by atoms with Gasteiger partial charge >= 0.3 is 6.18 Å². The highest BCUT2D eigenvalue weighted by atomic mass is 79.9. The number of hydrogen-bond acceptors (Lipinski definition) is 2. The van der Waals surface area contributed by atoms with Gasteiger partial charge in [-0.2, -0.15) is 13.2 Å². The molecule has 1 N–H and O–H groups in total. The molecule has 20 heavy (non-hydrogen) atoms. The van der Waals surface area contributed by atoms with E-state index in [1.54, 1.807) is 31.3 Å². The summed E-state index contributed by atoms with van der Waals surface area (Å²) in [4.78, 5) is 0. The van der Waals surface area contributed by atoms with E-state index in [0.717, 1.165) is 11.8 Å². The smallest absolute Gasteiger partial charge is 0.420 e. The molecule has 0 aromatic heterocycles. The van der Waals surface area contributed by atoms with Crippen molar-refractivity contribution in [1.82, 2.24) is 0 Å². The van der Waals surface area contributed by atoms with E-state index < -0.39 is 11.7 Å². The molecule has 0 bridgehead atoms. The van der Waals surface area contributed by atoms with Gasteiger partial charge in [0.25, 0.3) is 0 Å². The molecule has 2 aromatic carbocycles. The lowest BCUT2D eigenvalue weighted by Gasteiger charge is -2.14. The largest absolute Gasteiger partial charge is 0.457 e. The van der Waals surface area contributed by atoms with Crippen molar-refractivity contribution in [3.05, 3.63) is 52.5 Å². The molecule has 2 aromatic rings. The summed E-state index contributed by atoms with van der Waals surface area (Å²) in [6.07, 6.45) is -4.47. The van der Waals surface area contributed by atoms with Crippen LogP contribution in [0.4, 0.5) is 18.9 Å². The SMILES string of the molecule is CNc1ccc(Oc2ccc(Br)cc2C(F)(F)F)cc1. The maximum absolute atomic E-state index is 12.9. The topological polar surface area (TPSA) is 21.3 Å². The molecule has 0 amide bonds. The minimum atomic E-state index is -4.47. The minimum Gasteiger partial charge on any atom is -0.457 e. The summed E-state index contributed by atoms with van der Waals surface area (Å²) in [5, 5.41) is 2.92. The molecule has 0 saturated carbocycles. The minimum absolute atomic E-state index is 0.224. The van der Waals surface area contributed by atoms with Gasteiger partial charge in [0.1, 0.15) is 11.5 Å². The molecule has 2 nitrogen and oxygen atoms in total. The molecule has 0 aliphatic heterocycles. The zero-order valence-electron chi connectivity index (χ0n) is 10.5. The number of nitrogens with one attached hydrogen (secondary N) is 1. The van der Waals surface area contributed by atoms with Crippen LogP contribution in [0.2, 0.25) is 0 Å². The zero-order chi connectivity index (χ0) is 14.8. The van der Waals surface area contributed by atoms with Gasteiger partial charge in [0.15, 0.2) is 0 Å². The average molecular weight is 346 g/mol. The highest BCUT2D eigenvalue weighted by Crippen LogP contribution is 2.39. The van der Waals surface area contributed by atoms with Crippen LogP contribution in [0.15, 0.2) is 46.9 Å². The molecular weight excluding hydrogens is 335 g/mol. The molecule has 0 atom stereocenters. The van der Waals surface area contributed by atoms with Crippen molar-refractivity contribution in [2.24, 2.45) is 0 Å². The first-order chi connectivity index (χ1) is 9.40. The molecule has 106 valence electrons. The highest BCUT2D eigenvalue weighted by molar-refractivity contribution is 9.10. The Morgan fingerprint density at radius 2 is 1.70 bits per heavy atom. The van der Waals surface area contributed by atoms with Crippen molar-refractivity contribution < 1.29 is 17.9 Å². The Balaban J connectivity index is 2.32. The van der Waals surface area contributed by atoms with E-state index in [9.17, 15) is 13.2 Å². The second-order valence-corrected chi connectivity index (χ2v) is 4.93. The second kappa shape index (κ2) is 5.75. The number of rotatable bonds is 3. The first kappa shape index (κ1) is 14.7. The summed E-state index contributed by atoms with van der Waals surface area (Å²) in [7, 11) is 1.76. The van der Waals surface area contributed by atoms with E-state index in [-0.39, 0.29) is 5.75 Å². The van der Waals surface area contributed by atoms with Crippen LogP contribution in [0.25, 0.3) is 0 Å². The normalized spacial score (nSPS) is 11.2. The first-order valence-corrected chi connectivity index (χ1v) is 6.52. The molecule has 0 aliphatic carbocycles. The van der Waals surface area contributed by atoms with Crippen LogP contribution in [0.1, 0.15) is 5.56 Å². The fourth-order valence-electron chi connectivity index (χ4n) is 1.63. The Morgan fingerprint density at radius 1 is 1.05 bits per heavy atom. The van der Waals surface area contributed by atoms with E-state index in [2.05, 4.69) is 21.2 Å². The average Bonchev–Trinajstić information content (AvgIpc) is 2.40. The van der Waals surface area contributed by atoms with E-state index in [1.807, 2.05) is 0 Å². The molecular formula is C14H11BrF3NO. The fourth-order valence-corrected chi connectivity index (χ4v) is 1.99. The van der Waals surface area contributed by atoms with Crippen LogP contribution in [0.3, 0.4) is 0 Å². The second-order valence-electron chi connectivity index (χ2n) is 4.01. The Kier molecular flexibility index (Phi) is 4.23. The van der Waals surface area contributed by atoms with Crippen molar-refractivity contribution in [2.75, 3.05) is 12.4 Å². The summed E-state index contributed by atoms with van der Waals surface area (Å²) >= 11 is 3.03. The summed E-state index contributed by atoms with van der Waals surface area (Å²) in [6, 6.07) is 10.5. The molecule has 0 unspecified atom stereocenters. The van der Waals surface area contributed by atoms with E-state index in [0.29, 0.717) is 10.2 Å². The predicted molar refractivity (Wildman–Crippen MR) is 75.2 cm³/mol. The number of benzene rings is 2. The molecule has 0 aliphatic rings. The Bertz CT molecular complexity index is 596. The van der Waals surface area contributed by atoms with Crippen molar-refractivity contribution in [1.29, 1.82) is 0 Å². The van der Waals surface area contributed by atoms with Gasteiger partial charge in [-0.15, -0.1) is 0 Å². The summed E-state index contributed by atoms with van der Waals surface area (Å²) in [5.74, 6) is 0.120. The van der Waals surface area contributed by atoms with Crippen LogP contribution in [-0.4, -0.2) is 7.05 Å². The van der Waals surface area contributed by atoms with Gasteiger partial charge in [-0.1, -0.05) is 15.9 Å². The number of anilines is 1. The molecule has 2 rings (SSSR count). The highest BCUT2D eigenvalue weighted by Gasteiger charge is 2.34. The molecule has 6 heteroatoms. The van der Waals surface area contributed by atoms with Crippen molar-refractivity contribution >= 4 is 21.6 Å². The number of halogens is 4. The lowest BCUT2D eigenvalue weighted by molar-refractivity contribution is -0.138. The quantitative estimate of drug-likeness (QED) is 0.814. The summed E-state index contributed by atoms with van der Waals surface area (Å²) in [5.41, 5.74) is 0.0359. The number of alkyl halides is 3.